The maximum absolute atomic E-state index is 11.0. The van der Waals surface area contributed by atoms with E-state index in [1.165, 1.54) is 12.5 Å². The monoisotopic (exact) mass is 167 g/mol. The molecule has 1 amide bonds. The molecule has 0 aromatic carbocycles. The molecule has 0 spiro atoms. The number of amides is 1. The molecule has 1 aromatic rings. The summed E-state index contributed by atoms with van der Waals surface area (Å²) in [5, 5.41) is 3.54. The van der Waals surface area contributed by atoms with Crippen LogP contribution in [0.2, 0.25) is 0 Å². The Bertz CT molecular complexity index is 266. The lowest BCUT2D eigenvalue weighted by atomic mass is 10.4. The zero-order valence-electron chi connectivity index (χ0n) is 6.36. The number of carbonyl (C=O) groups excluding carboxylic acids is 1. The second kappa shape index (κ2) is 4.30. The fourth-order valence-corrected chi connectivity index (χ4v) is 0.620. The molecule has 5 nitrogen and oxygen atoms in total. The van der Waals surface area contributed by atoms with Crippen LogP contribution in [-0.4, -0.2) is 18.7 Å². The van der Waals surface area contributed by atoms with Crippen LogP contribution < -0.4 is 11.2 Å². The number of nitrogens with one attached hydrogen (secondary N) is 1. The Morgan fingerprint density at radius 3 is 3.25 bits per heavy atom. The number of hydrogen-bond donors (Lipinski definition) is 2. The van der Waals surface area contributed by atoms with Gasteiger partial charge in [0.1, 0.15) is 0 Å². The molecule has 64 valence electrons. The number of hydrazone groups is 1. The van der Waals surface area contributed by atoms with Gasteiger partial charge in [-0.05, 0) is 12.1 Å². The van der Waals surface area contributed by atoms with Gasteiger partial charge in [-0.25, -0.2) is 5.43 Å². The molecule has 0 aliphatic rings. The van der Waals surface area contributed by atoms with Gasteiger partial charge in [-0.3, -0.25) is 4.79 Å². The normalized spacial score (nSPS) is 10.4. The van der Waals surface area contributed by atoms with Gasteiger partial charge in [0, 0.05) is 12.8 Å². The van der Waals surface area contributed by atoms with E-state index in [9.17, 15) is 4.79 Å². The lowest BCUT2D eigenvalue weighted by molar-refractivity contribution is 0.0927. The summed E-state index contributed by atoms with van der Waals surface area (Å²) in [6.07, 6.45) is 2.81. The maximum Gasteiger partial charge on any atom is 0.307 e. The third-order valence-electron chi connectivity index (χ3n) is 1.11. The van der Waals surface area contributed by atoms with Gasteiger partial charge >= 0.3 is 5.91 Å². The molecule has 0 aliphatic carbocycles. The highest BCUT2D eigenvalue weighted by Crippen LogP contribution is 1.98. The number of nitrogens with two attached hydrogens (primary N) is 1. The van der Waals surface area contributed by atoms with Crippen LogP contribution in [0.4, 0.5) is 0 Å². The lowest BCUT2D eigenvalue weighted by Gasteiger charge is -1.92. The van der Waals surface area contributed by atoms with Gasteiger partial charge < -0.3 is 10.2 Å². The number of hydrogen-bond acceptors (Lipinski definition) is 4. The van der Waals surface area contributed by atoms with Crippen LogP contribution in [0.3, 0.4) is 0 Å². The third-order valence-corrected chi connectivity index (χ3v) is 1.11. The molecule has 0 fully saturated rings. The van der Waals surface area contributed by atoms with Crippen molar-refractivity contribution < 1.29 is 9.21 Å². The number of nitrogens with zero attached hydrogens (tertiary/aromatic N) is 1. The van der Waals surface area contributed by atoms with E-state index in [4.69, 9.17) is 10.2 Å². The van der Waals surface area contributed by atoms with Crippen LogP contribution in [0.15, 0.2) is 27.9 Å². The molecule has 0 saturated carbocycles. The summed E-state index contributed by atoms with van der Waals surface area (Å²) in [6.45, 7) is 0.290. The fourth-order valence-electron chi connectivity index (χ4n) is 0.620. The summed E-state index contributed by atoms with van der Waals surface area (Å²) in [4.78, 5) is 11.0. The van der Waals surface area contributed by atoms with E-state index in [1.54, 1.807) is 12.1 Å². The SMILES string of the molecule is NCC=NNC(=O)c1ccco1. The minimum atomic E-state index is -0.385. The molecule has 1 aromatic heterocycles. The molecule has 1 heterocycles. The van der Waals surface area contributed by atoms with Crippen LogP contribution in [0, 0.1) is 0 Å². The second-order valence-electron chi connectivity index (χ2n) is 1.97. The van der Waals surface area contributed by atoms with Gasteiger partial charge in [-0.1, -0.05) is 0 Å². The van der Waals surface area contributed by atoms with E-state index >= 15 is 0 Å². The van der Waals surface area contributed by atoms with E-state index in [0.717, 1.165) is 0 Å². The molecule has 1 rings (SSSR count). The van der Waals surface area contributed by atoms with Crippen molar-refractivity contribution in [1.82, 2.24) is 5.43 Å². The Kier molecular flexibility index (Phi) is 3.04. The van der Waals surface area contributed by atoms with E-state index in [2.05, 4.69) is 10.5 Å². The number of carbonyl (C=O) groups is 1. The predicted octanol–water partition coefficient (Wildman–Crippen LogP) is -0.0461. The van der Waals surface area contributed by atoms with Crippen molar-refractivity contribution in [2.75, 3.05) is 6.54 Å². The Morgan fingerprint density at radius 1 is 1.83 bits per heavy atom. The quantitative estimate of drug-likeness (QED) is 0.489. The van der Waals surface area contributed by atoms with Gasteiger partial charge in [-0.2, -0.15) is 5.10 Å². The van der Waals surface area contributed by atoms with Crippen molar-refractivity contribution in [2.45, 2.75) is 0 Å². The molecule has 0 saturated heterocycles. The van der Waals surface area contributed by atoms with E-state index in [0.29, 0.717) is 6.54 Å². The summed E-state index contributed by atoms with van der Waals surface area (Å²) in [6, 6.07) is 3.18. The van der Waals surface area contributed by atoms with Crippen LogP contribution >= 0.6 is 0 Å². The van der Waals surface area contributed by atoms with Crippen LogP contribution in [-0.2, 0) is 0 Å². The minimum absolute atomic E-state index is 0.226. The van der Waals surface area contributed by atoms with E-state index in [1.807, 2.05) is 0 Å². The maximum atomic E-state index is 11.0. The van der Waals surface area contributed by atoms with Crippen molar-refractivity contribution >= 4 is 12.1 Å². The summed E-state index contributed by atoms with van der Waals surface area (Å²) in [7, 11) is 0. The highest BCUT2D eigenvalue weighted by Gasteiger charge is 2.05. The Morgan fingerprint density at radius 2 is 2.67 bits per heavy atom. The summed E-state index contributed by atoms with van der Waals surface area (Å²) >= 11 is 0. The lowest BCUT2D eigenvalue weighted by Crippen LogP contribution is -2.17. The van der Waals surface area contributed by atoms with E-state index < -0.39 is 0 Å². The van der Waals surface area contributed by atoms with Crippen molar-refractivity contribution in [3.63, 3.8) is 0 Å². The average molecular weight is 167 g/mol. The van der Waals surface area contributed by atoms with Gasteiger partial charge in [0.05, 0.1) is 6.26 Å². The molecule has 5 heteroatoms. The van der Waals surface area contributed by atoms with Gasteiger partial charge in [0.2, 0.25) is 0 Å². The van der Waals surface area contributed by atoms with E-state index in [-0.39, 0.29) is 11.7 Å². The Labute approximate surface area is 69.2 Å². The average Bonchev–Trinajstić information content (AvgIpc) is 2.56. The van der Waals surface area contributed by atoms with Crippen molar-refractivity contribution in [3.8, 4) is 0 Å². The Balaban J connectivity index is 2.45. The first-order valence-electron chi connectivity index (χ1n) is 3.40. The number of rotatable bonds is 3. The molecule has 0 radical (unpaired) electrons. The molecular weight excluding hydrogens is 158 g/mol. The van der Waals surface area contributed by atoms with Crippen LogP contribution in [0.1, 0.15) is 10.6 Å². The van der Waals surface area contributed by atoms with Gasteiger partial charge in [0.15, 0.2) is 5.76 Å². The summed E-state index contributed by atoms with van der Waals surface area (Å²) in [5.74, 6) is -0.158. The summed E-state index contributed by atoms with van der Waals surface area (Å²) in [5.41, 5.74) is 7.35. The zero-order chi connectivity index (χ0) is 8.81. The molecule has 0 aliphatic heterocycles. The fraction of sp³-hybridized carbons (Fsp3) is 0.143. The van der Waals surface area contributed by atoms with Crippen molar-refractivity contribution in [2.24, 2.45) is 10.8 Å². The highest BCUT2D eigenvalue weighted by atomic mass is 16.3. The Hall–Kier alpha value is -1.62. The van der Waals surface area contributed by atoms with Crippen molar-refractivity contribution in [3.05, 3.63) is 24.2 Å². The molecule has 0 unspecified atom stereocenters. The largest absolute Gasteiger partial charge is 0.459 e. The molecular formula is C7H9N3O2. The zero-order valence-corrected chi connectivity index (χ0v) is 6.36. The first-order chi connectivity index (χ1) is 5.84. The standard InChI is InChI=1S/C7H9N3O2/c8-3-4-9-10-7(11)6-2-1-5-12-6/h1-2,4-5H,3,8H2,(H,10,11). The third kappa shape index (κ3) is 2.21. The number of furan rings is 1. The molecule has 0 atom stereocenters. The smallest absolute Gasteiger partial charge is 0.307 e. The van der Waals surface area contributed by atoms with Crippen molar-refractivity contribution in [1.29, 1.82) is 0 Å². The first-order valence-corrected chi connectivity index (χ1v) is 3.40. The first kappa shape index (κ1) is 8.48. The van der Waals surface area contributed by atoms with Crippen LogP contribution in [0.25, 0.3) is 0 Å². The highest BCUT2D eigenvalue weighted by molar-refractivity contribution is 5.91. The second-order valence-corrected chi connectivity index (χ2v) is 1.97. The summed E-state index contributed by atoms with van der Waals surface area (Å²) < 4.78 is 4.81. The van der Waals surface area contributed by atoms with Gasteiger partial charge in [0.25, 0.3) is 0 Å². The predicted molar refractivity (Wildman–Crippen MR) is 43.7 cm³/mol. The molecule has 3 N–H and O–H groups in total. The molecule has 0 bridgehead atoms. The minimum Gasteiger partial charge on any atom is -0.459 e. The van der Waals surface area contributed by atoms with Crippen LogP contribution in [0.5, 0.6) is 0 Å². The van der Waals surface area contributed by atoms with Gasteiger partial charge in [-0.15, -0.1) is 0 Å². The molecule has 12 heavy (non-hydrogen) atoms. The topological polar surface area (TPSA) is 80.6 Å².